The summed E-state index contributed by atoms with van der Waals surface area (Å²) in [5.74, 6) is 1.92. The molecule has 0 amide bonds. The van der Waals surface area contributed by atoms with Gasteiger partial charge in [-0.25, -0.2) is 0 Å². The predicted molar refractivity (Wildman–Crippen MR) is 67.7 cm³/mol. The van der Waals surface area contributed by atoms with E-state index in [4.69, 9.17) is 4.74 Å². The number of ether oxygens (including phenoxy) is 1. The Balaban J connectivity index is 1.90. The van der Waals surface area contributed by atoms with Crippen LogP contribution in [0.5, 0.6) is 0 Å². The zero-order valence-electron chi connectivity index (χ0n) is 9.91. The minimum atomic E-state index is 0.0973. The SMILES string of the molecule is COC1C2C=CC1(c1ccccc1)C1C=CC21. The molecule has 17 heavy (non-hydrogen) atoms. The van der Waals surface area contributed by atoms with E-state index in [0.29, 0.717) is 23.9 Å². The van der Waals surface area contributed by atoms with Gasteiger partial charge in [0.2, 0.25) is 0 Å². The third-order valence-electron chi connectivity index (χ3n) is 4.89. The van der Waals surface area contributed by atoms with Crippen molar-refractivity contribution in [2.75, 3.05) is 7.11 Å². The maximum atomic E-state index is 5.83. The number of benzene rings is 1. The Labute approximate surface area is 102 Å². The van der Waals surface area contributed by atoms with Crippen molar-refractivity contribution in [3.05, 3.63) is 60.2 Å². The standard InChI is InChI=1S/C16H16O/c1-17-15-13-9-10-16(15,14-8-7-12(13)14)11-5-3-2-4-6-11/h2-10,12-15H,1H3. The van der Waals surface area contributed by atoms with Crippen molar-refractivity contribution in [1.82, 2.24) is 0 Å². The Bertz CT molecular complexity index is 502. The molecule has 5 atom stereocenters. The topological polar surface area (TPSA) is 9.23 Å². The second kappa shape index (κ2) is 3.11. The molecule has 0 heterocycles. The Morgan fingerprint density at radius 3 is 2.47 bits per heavy atom. The second-order valence-electron chi connectivity index (χ2n) is 5.38. The molecule has 1 aromatic carbocycles. The van der Waals surface area contributed by atoms with Crippen LogP contribution >= 0.6 is 0 Å². The van der Waals surface area contributed by atoms with Gasteiger partial charge >= 0.3 is 0 Å². The number of hydrogen-bond donors (Lipinski definition) is 0. The van der Waals surface area contributed by atoms with Crippen molar-refractivity contribution >= 4 is 0 Å². The zero-order chi connectivity index (χ0) is 11.5. The van der Waals surface area contributed by atoms with Crippen molar-refractivity contribution in [3.63, 3.8) is 0 Å². The van der Waals surface area contributed by atoms with E-state index in [0.717, 1.165) is 0 Å². The Morgan fingerprint density at radius 1 is 1.00 bits per heavy atom. The van der Waals surface area contributed by atoms with Gasteiger partial charge in [0, 0.05) is 18.4 Å². The first-order valence-corrected chi connectivity index (χ1v) is 6.34. The van der Waals surface area contributed by atoms with Crippen molar-refractivity contribution in [1.29, 1.82) is 0 Å². The van der Waals surface area contributed by atoms with Crippen LogP contribution in [0.4, 0.5) is 0 Å². The average Bonchev–Trinajstić information content (AvgIpc) is 2.76. The van der Waals surface area contributed by atoms with Gasteiger partial charge in [0.25, 0.3) is 0 Å². The van der Waals surface area contributed by atoms with Crippen LogP contribution in [-0.4, -0.2) is 13.2 Å². The van der Waals surface area contributed by atoms with Crippen LogP contribution in [0.3, 0.4) is 0 Å². The first-order valence-electron chi connectivity index (χ1n) is 6.34. The van der Waals surface area contributed by atoms with Crippen LogP contribution in [0.2, 0.25) is 0 Å². The minimum absolute atomic E-state index is 0.0973. The molecule has 1 nitrogen and oxygen atoms in total. The normalized spacial score (nSPS) is 44.8. The molecule has 3 aliphatic carbocycles. The quantitative estimate of drug-likeness (QED) is 0.702. The summed E-state index contributed by atoms with van der Waals surface area (Å²) in [7, 11) is 1.85. The van der Waals surface area contributed by atoms with Gasteiger partial charge < -0.3 is 4.74 Å². The third kappa shape index (κ3) is 0.953. The summed E-state index contributed by atoms with van der Waals surface area (Å²) in [4.78, 5) is 0. The Hall–Kier alpha value is -1.34. The van der Waals surface area contributed by atoms with E-state index in [1.54, 1.807) is 0 Å². The molecule has 0 spiro atoms. The molecule has 0 aromatic heterocycles. The highest BCUT2D eigenvalue weighted by atomic mass is 16.5. The van der Waals surface area contributed by atoms with Crippen molar-refractivity contribution in [2.45, 2.75) is 11.5 Å². The molecule has 0 radical (unpaired) electrons. The lowest BCUT2D eigenvalue weighted by Crippen LogP contribution is -2.39. The van der Waals surface area contributed by atoms with Gasteiger partial charge in [-0.3, -0.25) is 0 Å². The fourth-order valence-electron chi connectivity index (χ4n) is 4.14. The van der Waals surface area contributed by atoms with Gasteiger partial charge in [0.1, 0.15) is 0 Å². The molecule has 86 valence electrons. The van der Waals surface area contributed by atoms with Crippen molar-refractivity contribution < 1.29 is 4.74 Å². The van der Waals surface area contributed by atoms with E-state index >= 15 is 0 Å². The summed E-state index contributed by atoms with van der Waals surface area (Å²) in [6.45, 7) is 0. The van der Waals surface area contributed by atoms with Crippen LogP contribution < -0.4 is 0 Å². The van der Waals surface area contributed by atoms with Gasteiger partial charge in [-0.2, -0.15) is 0 Å². The van der Waals surface area contributed by atoms with Gasteiger partial charge in [-0.15, -0.1) is 0 Å². The molecule has 2 bridgehead atoms. The van der Waals surface area contributed by atoms with Gasteiger partial charge in [-0.1, -0.05) is 54.6 Å². The first-order chi connectivity index (χ1) is 8.38. The average molecular weight is 224 g/mol. The molecule has 1 saturated carbocycles. The van der Waals surface area contributed by atoms with Gasteiger partial charge in [0.05, 0.1) is 6.10 Å². The fraction of sp³-hybridized carbons (Fsp3) is 0.375. The summed E-state index contributed by atoms with van der Waals surface area (Å²) in [6, 6.07) is 10.8. The number of allylic oxidation sites excluding steroid dienone is 2. The van der Waals surface area contributed by atoms with E-state index in [-0.39, 0.29) is 5.41 Å². The summed E-state index contributed by atoms with van der Waals surface area (Å²) < 4.78 is 5.83. The van der Waals surface area contributed by atoms with Crippen LogP contribution in [-0.2, 0) is 10.2 Å². The van der Waals surface area contributed by atoms with Crippen LogP contribution in [0.1, 0.15) is 5.56 Å². The number of hydrogen-bond acceptors (Lipinski definition) is 1. The van der Waals surface area contributed by atoms with Crippen LogP contribution in [0, 0.1) is 17.8 Å². The van der Waals surface area contributed by atoms with Gasteiger partial charge in [0.15, 0.2) is 0 Å². The molecule has 0 N–H and O–H groups in total. The minimum Gasteiger partial charge on any atom is -0.380 e. The van der Waals surface area contributed by atoms with Crippen molar-refractivity contribution in [2.24, 2.45) is 17.8 Å². The van der Waals surface area contributed by atoms with E-state index in [1.165, 1.54) is 5.56 Å². The first kappa shape index (κ1) is 9.67. The zero-order valence-corrected chi connectivity index (χ0v) is 9.91. The molecule has 3 aliphatic rings. The van der Waals surface area contributed by atoms with Crippen LogP contribution in [0.15, 0.2) is 54.6 Å². The predicted octanol–water partition coefficient (Wildman–Crippen LogP) is 2.94. The number of rotatable bonds is 2. The summed E-state index contributed by atoms with van der Waals surface area (Å²) >= 11 is 0. The summed E-state index contributed by atoms with van der Waals surface area (Å²) in [5.41, 5.74) is 1.50. The second-order valence-corrected chi connectivity index (χ2v) is 5.38. The lowest BCUT2D eigenvalue weighted by Gasteiger charge is -2.39. The fourth-order valence-corrected chi connectivity index (χ4v) is 4.14. The number of fused-ring (bicyclic) bond motifs is 5. The largest absolute Gasteiger partial charge is 0.380 e. The molecule has 5 unspecified atom stereocenters. The molecule has 1 fully saturated rings. The lowest BCUT2D eigenvalue weighted by molar-refractivity contribution is 0.0544. The lowest BCUT2D eigenvalue weighted by atomic mass is 9.64. The highest BCUT2D eigenvalue weighted by Crippen LogP contribution is 2.62. The van der Waals surface area contributed by atoms with Crippen molar-refractivity contribution in [3.8, 4) is 0 Å². The maximum absolute atomic E-state index is 5.83. The molecular weight excluding hydrogens is 208 g/mol. The van der Waals surface area contributed by atoms with E-state index in [1.807, 2.05) is 7.11 Å². The maximum Gasteiger partial charge on any atom is 0.0776 e. The highest BCUT2D eigenvalue weighted by Gasteiger charge is 2.63. The summed E-state index contributed by atoms with van der Waals surface area (Å²) in [5, 5.41) is 0. The highest BCUT2D eigenvalue weighted by molar-refractivity contribution is 5.48. The van der Waals surface area contributed by atoms with E-state index in [2.05, 4.69) is 54.6 Å². The summed E-state index contributed by atoms with van der Waals surface area (Å²) in [6.07, 6.45) is 9.80. The van der Waals surface area contributed by atoms with E-state index in [9.17, 15) is 0 Å². The number of methoxy groups -OCH3 is 1. The molecule has 1 heteroatoms. The Kier molecular flexibility index (Phi) is 1.77. The van der Waals surface area contributed by atoms with Gasteiger partial charge in [-0.05, 0) is 17.4 Å². The molecular formula is C16H16O. The monoisotopic (exact) mass is 224 g/mol. The molecule has 4 rings (SSSR count). The molecule has 0 aliphatic heterocycles. The molecule has 0 saturated heterocycles. The van der Waals surface area contributed by atoms with E-state index < -0.39 is 0 Å². The Morgan fingerprint density at radius 2 is 1.82 bits per heavy atom. The van der Waals surface area contributed by atoms with Crippen LogP contribution in [0.25, 0.3) is 0 Å². The molecule has 1 aromatic rings. The third-order valence-corrected chi connectivity index (χ3v) is 4.89. The smallest absolute Gasteiger partial charge is 0.0776 e.